The second kappa shape index (κ2) is 60.4. The van der Waals surface area contributed by atoms with E-state index in [1.807, 2.05) is 36.6 Å². The average molecular weight is 1450 g/mol. The van der Waals surface area contributed by atoms with Crippen molar-refractivity contribution in [2.24, 2.45) is 15.8 Å². The first-order valence-electron chi connectivity index (χ1n) is 36.4. The Morgan fingerprint density at radius 1 is 0.480 bits per heavy atom. The van der Waals surface area contributed by atoms with Crippen molar-refractivity contribution in [3.8, 4) is 0 Å². The number of amides is 1. The number of quaternary nitrogens is 1. The van der Waals surface area contributed by atoms with Gasteiger partial charge in [-0.2, -0.15) is 0 Å². The molecular weight excluding hydrogens is 1320 g/mol. The molecule has 1 heterocycles. The van der Waals surface area contributed by atoms with Crippen molar-refractivity contribution < 1.29 is 99.1 Å². The van der Waals surface area contributed by atoms with Gasteiger partial charge in [0.05, 0.1) is 230 Å². The topological polar surface area (TPSA) is 306 Å². The number of fused-ring (bicyclic) bond motifs is 2. The summed E-state index contributed by atoms with van der Waals surface area (Å²) in [6, 6.07) is 16.2. The number of hydrogen-bond acceptors (Lipinski definition) is 26. The van der Waals surface area contributed by atoms with Crippen LogP contribution in [0.4, 0.5) is 11.4 Å². The molecule has 0 spiro atoms. The molecule has 0 atom stereocenters. The van der Waals surface area contributed by atoms with Gasteiger partial charge in [0.1, 0.15) is 17.7 Å². The van der Waals surface area contributed by atoms with E-state index in [9.17, 15) is 24.0 Å². The van der Waals surface area contributed by atoms with Crippen LogP contribution >= 0.6 is 0 Å². The molecule has 0 saturated heterocycles. The van der Waals surface area contributed by atoms with Crippen molar-refractivity contribution in [2.75, 3.05) is 274 Å². The van der Waals surface area contributed by atoms with Crippen LogP contribution in [0.3, 0.4) is 0 Å². The fourth-order valence-corrected chi connectivity index (χ4v) is 9.90. The number of carbonyl (C=O) groups excluding carboxylic acids is 4. The molecule has 102 heavy (non-hydrogen) atoms. The van der Waals surface area contributed by atoms with E-state index < -0.39 is 5.63 Å². The van der Waals surface area contributed by atoms with Gasteiger partial charge in [0.25, 0.3) is 0 Å². The van der Waals surface area contributed by atoms with Gasteiger partial charge in [-0.25, -0.2) is 20.6 Å². The normalized spacial score (nSPS) is 12.0. The Bertz CT molecular complexity index is 2850. The summed E-state index contributed by atoms with van der Waals surface area (Å²) in [5, 5.41) is 0.729. The summed E-state index contributed by atoms with van der Waals surface area (Å²) in [4.78, 5) is 74.0. The van der Waals surface area contributed by atoms with Crippen LogP contribution in [-0.2, 0) is 91.9 Å². The number of ketones is 3. The second-order valence-electron chi connectivity index (χ2n) is 23.8. The summed E-state index contributed by atoms with van der Waals surface area (Å²) in [7, 11) is 4.40. The molecule has 0 unspecified atom stereocenters. The van der Waals surface area contributed by atoms with Crippen molar-refractivity contribution in [1.29, 1.82) is 0 Å². The minimum absolute atomic E-state index is 0.0759. The minimum atomic E-state index is -0.607. The van der Waals surface area contributed by atoms with Gasteiger partial charge in [0.15, 0.2) is 17.3 Å². The number of ether oxygens (including phenoxy) is 15. The molecule has 0 aliphatic heterocycles. The van der Waals surface area contributed by atoms with Crippen LogP contribution in [0, 0.1) is 0 Å². The van der Waals surface area contributed by atoms with E-state index in [0.29, 0.717) is 222 Å². The Balaban J connectivity index is 0.000000532. The molecule has 1 amide bonds. The molecule has 1 aromatic heterocycles. The SMILES string of the molecule is CCN(CC)c1ccc2c(c1)CC(=O)C(C(=O)CCCOCCOCCOCCOCCOCCOCCOCCOCCC(=O)NN)=C2.CCN=C=NCCC[N+](C)(C)CCOCCOCCOCCOCCOCCOCCOCCCC(=O)c1cc2ccc(N(CC)CC)cc2oc1=O. The van der Waals surface area contributed by atoms with Crippen molar-refractivity contribution in [3.63, 3.8) is 0 Å². The first kappa shape index (κ1) is 90.4. The molecule has 1 aliphatic carbocycles. The minimum Gasteiger partial charge on any atom is -0.422 e. The highest BCUT2D eigenvalue weighted by Crippen LogP contribution is 2.28. The molecule has 28 nitrogen and oxygen atoms in total. The zero-order valence-electron chi connectivity index (χ0n) is 62.3. The summed E-state index contributed by atoms with van der Waals surface area (Å²) in [6.07, 6.45) is 4.76. The zero-order valence-corrected chi connectivity index (χ0v) is 62.3. The first-order chi connectivity index (χ1) is 49.8. The lowest BCUT2D eigenvalue weighted by molar-refractivity contribution is -0.890. The van der Waals surface area contributed by atoms with Gasteiger partial charge in [-0.3, -0.25) is 24.6 Å². The Hall–Kier alpha value is -5.83. The van der Waals surface area contributed by atoms with Crippen LogP contribution in [0.25, 0.3) is 17.0 Å². The second-order valence-corrected chi connectivity index (χ2v) is 23.8. The number of hydrazine groups is 1. The number of allylic oxidation sites excluding steroid dienone is 1. The fourth-order valence-electron chi connectivity index (χ4n) is 9.90. The molecule has 3 N–H and O–H groups in total. The lowest BCUT2D eigenvalue weighted by Crippen LogP contribution is -2.43. The van der Waals surface area contributed by atoms with Gasteiger partial charge in [-0.15, -0.1) is 0 Å². The predicted octanol–water partition coefficient (Wildman–Crippen LogP) is 6.28. The number of nitrogens with one attached hydrogen (secondary N) is 1. The van der Waals surface area contributed by atoms with E-state index in [4.69, 9.17) is 81.3 Å². The van der Waals surface area contributed by atoms with Crippen LogP contribution in [0.2, 0.25) is 0 Å². The van der Waals surface area contributed by atoms with Crippen molar-refractivity contribution in [1.82, 2.24) is 5.43 Å². The molecular formula is C74H122N7O21+. The molecule has 0 fully saturated rings. The van der Waals surface area contributed by atoms with Crippen molar-refractivity contribution >= 4 is 57.7 Å². The maximum Gasteiger partial charge on any atom is 0.347 e. The Morgan fingerprint density at radius 3 is 1.31 bits per heavy atom. The zero-order chi connectivity index (χ0) is 73.8. The lowest BCUT2D eigenvalue weighted by Gasteiger charge is -2.29. The highest BCUT2D eigenvalue weighted by atomic mass is 16.6. The number of likely N-dealkylation sites (N-methyl/N-ethyl adjacent to an activating group) is 1. The van der Waals surface area contributed by atoms with Crippen molar-refractivity contribution in [2.45, 2.75) is 79.6 Å². The summed E-state index contributed by atoms with van der Waals surface area (Å²) in [6.45, 7) is 31.3. The first-order valence-corrected chi connectivity index (χ1v) is 36.4. The number of Topliss-reactive ketones (excluding diaryl/α,β-unsaturated/α-hetero) is 3. The number of nitrogens with zero attached hydrogens (tertiary/aromatic N) is 5. The van der Waals surface area contributed by atoms with Gasteiger partial charge in [-0.1, -0.05) is 6.07 Å². The van der Waals surface area contributed by atoms with Crippen LogP contribution < -0.4 is 26.7 Å². The van der Waals surface area contributed by atoms with Gasteiger partial charge >= 0.3 is 5.63 Å². The predicted molar refractivity (Wildman–Crippen MR) is 392 cm³/mol. The third-order valence-corrected chi connectivity index (χ3v) is 15.7. The smallest absolute Gasteiger partial charge is 0.347 e. The van der Waals surface area contributed by atoms with Crippen molar-refractivity contribution in [3.05, 3.63) is 75.1 Å². The number of nitrogens with two attached hydrogens (primary N) is 1. The van der Waals surface area contributed by atoms with Crippen LogP contribution in [0.15, 0.2) is 67.2 Å². The lowest BCUT2D eigenvalue weighted by atomic mass is 9.88. The average Bonchev–Trinajstić information content (AvgIpc) is 0.808. The van der Waals surface area contributed by atoms with Crippen LogP contribution in [0.5, 0.6) is 0 Å². The molecule has 0 bridgehead atoms. The molecule has 3 aromatic rings. The summed E-state index contributed by atoms with van der Waals surface area (Å²) in [5.41, 5.74) is 6.28. The Kier molecular flexibility index (Phi) is 53.6. The number of carbonyl (C=O) groups is 4. The van der Waals surface area contributed by atoms with Gasteiger partial charge < -0.3 is 89.8 Å². The van der Waals surface area contributed by atoms with E-state index in [2.05, 4.69) is 79.7 Å². The van der Waals surface area contributed by atoms with E-state index in [1.54, 1.807) is 12.1 Å². The largest absolute Gasteiger partial charge is 0.422 e. The number of anilines is 2. The number of rotatable bonds is 66. The standard InChI is InChI=1S/C39H65N4O10.C35H57N3O11/c1-6-40-33-41-14-10-15-43(4,5)16-18-47-20-22-49-24-26-51-28-30-52-29-27-50-25-23-48-21-19-46-17-9-11-37(44)36-31-34-12-13-35(42(7-2)8-3)32-38(34)53-39(36)45;1-3-38(4-2)31-8-7-29-27-32(34(40)28-30(29)26-31)33(39)6-5-10-42-12-14-44-16-18-46-20-22-48-24-25-49-23-21-47-19-17-45-15-13-43-11-9-35(41)37-36/h12-13,31-32H,6-11,14-30H2,1-5H3;7-8,26-27H,3-6,9-25,28,36H2,1-2H3,(H,37,41)/q+1;. The maximum atomic E-state index is 12.7. The summed E-state index contributed by atoms with van der Waals surface area (Å²) >= 11 is 0. The number of hydrogen-bond donors (Lipinski definition) is 2. The van der Waals surface area contributed by atoms with E-state index in [-0.39, 0.29) is 54.5 Å². The summed E-state index contributed by atoms with van der Waals surface area (Å²) < 4.78 is 88.8. The monoisotopic (exact) mass is 1440 g/mol. The Labute approximate surface area is 604 Å². The molecule has 0 saturated carbocycles. The molecule has 578 valence electrons. The van der Waals surface area contributed by atoms with E-state index in [1.165, 1.54) is 0 Å². The van der Waals surface area contributed by atoms with Gasteiger partial charge in [-0.05, 0) is 95.0 Å². The molecule has 1 aliphatic rings. The van der Waals surface area contributed by atoms with E-state index in [0.717, 1.165) is 91.1 Å². The van der Waals surface area contributed by atoms with Crippen LogP contribution in [-0.4, -0.2) is 298 Å². The number of benzene rings is 2. The Morgan fingerprint density at radius 2 is 0.882 bits per heavy atom. The molecule has 2 aromatic carbocycles. The van der Waals surface area contributed by atoms with Gasteiger partial charge in [0.2, 0.25) is 5.91 Å². The molecule has 0 radical (unpaired) electrons. The van der Waals surface area contributed by atoms with E-state index >= 15 is 0 Å². The third kappa shape index (κ3) is 43.4. The fraction of sp³-hybridized carbons (Fsp3) is 0.703. The highest BCUT2D eigenvalue weighted by molar-refractivity contribution is 6.25. The molecule has 28 heteroatoms. The third-order valence-electron chi connectivity index (χ3n) is 15.7. The quantitative estimate of drug-likeness (QED) is 0.00722. The highest BCUT2D eigenvalue weighted by Gasteiger charge is 2.25. The van der Waals surface area contributed by atoms with Gasteiger partial charge in [0, 0.05) is 94.4 Å². The summed E-state index contributed by atoms with van der Waals surface area (Å²) in [5.74, 6) is 4.22. The molecule has 4 rings (SSSR count). The van der Waals surface area contributed by atoms with Crippen LogP contribution in [0.1, 0.15) is 94.6 Å². The maximum absolute atomic E-state index is 12.7. The number of aliphatic imine (C=N–C) groups is 2.